The summed E-state index contributed by atoms with van der Waals surface area (Å²) in [4.78, 5) is 12.2. The SMILES string of the molecule is CC(C)n1ncc2c1C(=O)Nc1ccccc1N2. The summed E-state index contributed by atoms with van der Waals surface area (Å²) in [5, 5.41) is 10.4. The van der Waals surface area contributed by atoms with Crippen LogP contribution in [0.2, 0.25) is 0 Å². The van der Waals surface area contributed by atoms with Crippen LogP contribution in [0.15, 0.2) is 30.5 Å². The van der Waals surface area contributed by atoms with Crippen LogP contribution in [0.4, 0.5) is 17.1 Å². The van der Waals surface area contributed by atoms with Crippen LogP contribution in [0.5, 0.6) is 0 Å². The largest absolute Gasteiger partial charge is 0.351 e. The number of rotatable bonds is 1. The number of aromatic nitrogens is 2. The minimum absolute atomic E-state index is 0.131. The molecular formula is C13H14N4O. The summed E-state index contributed by atoms with van der Waals surface area (Å²) in [7, 11) is 0. The van der Waals surface area contributed by atoms with Crippen LogP contribution in [-0.2, 0) is 0 Å². The molecule has 1 aromatic heterocycles. The number of carbonyl (C=O) groups excluding carboxylic acids is 1. The first kappa shape index (κ1) is 10.8. The van der Waals surface area contributed by atoms with Crippen molar-refractivity contribution >= 4 is 23.0 Å². The van der Waals surface area contributed by atoms with Gasteiger partial charge in [-0.1, -0.05) is 12.1 Å². The predicted octanol–water partition coefficient (Wildman–Crippen LogP) is 2.77. The maximum Gasteiger partial charge on any atom is 0.276 e. The average Bonchev–Trinajstić information content (AvgIpc) is 2.70. The highest BCUT2D eigenvalue weighted by atomic mass is 16.2. The van der Waals surface area contributed by atoms with Gasteiger partial charge in [0.25, 0.3) is 5.91 Å². The molecule has 2 heterocycles. The highest BCUT2D eigenvalue weighted by molar-refractivity contribution is 6.10. The molecule has 92 valence electrons. The van der Waals surface area contributed by atoms with Gasteiger partial charge in [-0.05, 0) is 26.0 Å². The van der Waals surface area contributed by atoms with Crippen LogP contribution in [0.25, 0.3) is 0 Å². The fourth-order valence-electron chi connectivity index (χ4n) is 2.10. The van der Waals surface area contributed by atoms with Crippen LogP contribution in [-0.4, -0.2) is 15.7 Å². The molecule has 0 fully saturated rings. The number of benzene rings is 1. The minimum Gasteiger partial charge on any atom is -0.351 e. The Morgan fingerprint density at radius 3 is 2.44 bits per heavy atom. The topological polar surface area (TPSA) is 59.0 Å². The van der Waals surface area contributed by atoms with Gasteiger partial charge in [-0.3, -0.25) is 9.48 Å². The Hall–Kier alpha value is -2.30. The molecule has 0 bridgehead atoms. The molecular weight excluding hydrogens is 228 g/mol. The molecule has 2 N–H and O–H groups in total. The van der Waals surface area contributed by atoms with Crippen LogP contribution in [0, 0.1) is 0 Å². The molecule has 5 heteroatoms. The maximum atomic E-state index is 12.2. The fourth-order valence-corrected chi connectivity index (χ4v) is 2.10. The zero-order chi connectivity index (χ0) is 12.7. The third kappa shape index (κ3) is 1.55. The van der Waals surface area contributed by atoms with Crippen molar-refractivity contribution in [2.45, 2.75) is 19.9 Å². The lowest BCUT2D eigenvalue weighted by molar-refractivity contribution is 0.101. The number of amides is 1. The number of para-hydroxylation sites is 2. The van der Waals surface area contributed by atoms with E-state index in [9.17, 15) is 4.79 Å². The van der Waals surface area contributed by atoms with E-state index >= 15 is 0 Å². The van der Waals surface area contributed by atoms with Gasteiger partial charge < -0.3 is 10.6 Å². The van der Waals surface area contributed by atoms with Gasteiger partial charge in [-0.2, -0.15) is 5.10 Å². The van der Waals surface area contributed by atoms with Crippen molar-refractivity contribution in [3.63, 3.8) is 0 Å². The summed E-state index contributed by atoms with van der Waals surface area (Å²) in [5.74, 6) is -0.131. The highest BCUT2D eigenvalue weighted by Gasteiger charge is 2.24. The zero-order valence-electron chi connectivity index (χ0n) is 10.3. The van der Waals surface area contributed by atoms with E-state index in [1.807, 2.05) is 38.1 Å². The molecule has 1 aromatic carbocycles. The quantitative estimate of drug-likeness (QED) is 0.808. The lowest BCUT2D eigenvalue weighted by Crippen LogP contribution is -2.18. The van der Waals surface area contributed by atoms with E-state index in [0.29, 0.717) is 5.69 Å². The molecule has 0 unspecified atom stereocenters. The van der Waals surface area contributed by atoms with Gasteiger partial charge in [-0.15, -0.1) is 0 Å². The van der Waals surface area contributed by atoms with Crippen LogP contribution in [0.3, 0.4) is 0 Å². The average molecular weight is 242 g/mol. The van der Waals surface area contributed by atoms with Gasteiger partial charge in [0.1, 0.15) is 5.69 Å². The lowest BCUT2D eigenvalue weighted by Gasteiger charge is -2.10. The maximum absolute atomic E-state index is 12.2. The smallest absolute Gasteiger partial charge is 0.276 e. The summed E-state index contributed by atoms with van der Waals surface area (Å²) in [6.07, 6.45) is 1.69. The number of carbonyl (C=O) groups is 1. The van der Waals surface area contributed by atoms with Crippen molar-refractivity contribution in [2.24, 2.45) is 0 Å². The second-order valence-corrected chi connectivity index (χ2v) is 4.57. The monoisotopic (exact) mass is 242 g/mol. The molecule has 0 aliphatic carbocycles. The number of anilines is 3. The van der Waals surface area contributed by atoms with Gasteiger partial charge in [0, 0.05) is 6.04 Å². The van der Waals surface area contributed by atoms with Gasteiger partial charge in [0.15, 0.2) is 0 Å². The summed E-state index contributed by atoms with van der Waals surface area (Å²) in [6, 6.07) is 7.76. The summed E-state index contributed by atoms with van der Waals surface area (Å²) in [6.45, 7) is 4.00. The third-order valence-corrected chi connectivity index (χ3v) is 2.94. The van der Waals surface area contributed by atoms with E-state index in [4.69, 9.17) is 0 Å². The Labute approximate surface area is 105 Å². The summed E-state index contributed by atoms with van der Waals surface area (Å²) < 4.78 is 1.73. The van der Waals surface area contributed by atoms with E-state index in [0.717, 1.165) is 17.1 Å². The van der Waals surface area contributed by atoms with Gasteiger partial charge in [-0.25, -0.2) is 0 Å². The molecule has 0 spiro atoms. The number of hydrogen-bond donors (Lipinski definition) is 2. The fraction of sp³-hybridized carbons (Fsp3) is 0.231. The van der Waals surface area contributed by atoms with E-state index in [-0.39, 0.29) is 11.9 Å². The van der Waals surface area contributed by atoms with E-state index in [1.165, 1.54) is 0 Å². The molecule has 0 saturated heterocycles. The highest BCUT2D eigenvalue weighted by Crippen LogP contribution is 2.32. The summed E-state index contributed by atoms with van der Waals surface area (Å²) in [5.41, 5.74) is 2.98. The van der Waals surface area contributed by atoms with Crippen LogP contribution >= 0.6 is 0 Å². The van der Waals surface area contributed by atoms with Crippen LogP contribution < -0.4 is 10.6 Å². The molecule has 1 aliphatic rings. The first-order valence-electron chi connectivity index (χ1n) is 5.91. The normalized spacial score (nSPS) is 13.4. The molecule has 1 aliphatic heterocycles. The van der Waals surface area contributed by atoms with Crippen molar-refractivity contribution in [3.8, 4) is 0 Å². The molecule has 0 atom stereocenters. The van der Waals surface area contributed by atoms with Crippen molar-refractivity contribution in [3.05, 3.63) is 36.2 Å². The third-order valence-electron chi connectivity index (χ3n) is 2.94. The second kappa shape index (κ2) is 3.87. The minimum atomic E-state index is -0.131. The number of nitrogens with one attached hydrogen (secondary N) is 2. The van der Waals surface area contributed by atoms with Crippen molar-refractivity contribution in [1.29, 1.82) is 0 Å². The Balaban J connectivity index is 2.14. The van der Waals surface area contributed by atoms with Crippen molar-refractivity contribution in [1.82, 2.24) is 9.78 Å². The van der Waals surface area contributed by atoms with Gasteiger partial charge >= 0.3 is 0 Å². The molecule has 18 heavy (non-hydrogen) atoms. The van der Waals surface area contributed by atoms with Crippen molar-refractivity contribution in [2.75, 3.05) is 10.6 Å². The Morgan fingerprint density at radius 2 is 1.78 bits per heavy atom. The molecule has 5 nitrogen and oxygen atoms in total. The molecule has 2 aromatic rings. The number of fused-ring (bicyclic) bond motifs is 2. The summed E-state index contributed by atoms with van der Waals surface area (Å²) >= 11 is 0. The predicted molar refractivity (Wildman–Crippen MR) is 70.3 cm³/mol. The van der Waals surface area contributed by atoms with Gasteiger partial charge in [0.2, 0.25) is 0 Å². The molecule has 3 rings (SSSR count). The van der Waals surface area contributed by atoms with Crippen LogP contribution in [0.1, 0.15) is 30.4 Å². The number of nitrogens with zero attached hydrogens (tertiary/aromatic N) is 2. The first-order chi connectivity index (χ1) is 8.66. The van der Waals surface area contributed by atoms with Gasteiger partial charge in [0.05, 0.1) is 23.3 Å². The molecule has 1 amide bonds. The molecule has 0 radical (unpaired) electrons. The van der Waals surface area contributed by atoms with Crippen molar-refractivity contribution < 1.29 is 4.79 Å². The lowest BCUT2D eigenvalue weighted by atomic mass is 10.2. The molecule has 0 saturated carbocycles. The second-order valence-electron chi connectivity index (χ2n) is 4.57. The first-order valence-corrected chi connectivity index (χ1v) is 5.91. The Bertz CT molecular complexity index is 615. The van der Waals surface area contributed by atoms with E-state index < -0.39 is 0 Å². The number of hydrogen-bond acceptors (Lipinski definition) is 3. The zero-order valence-corrected chi connectivity index (χ0v) is 10.3. The Morgan fingerprint density at radius 1 is 1.11 bits per heavy atom. The Kier molecular flexibility index (Phi) is 2.33. The standard InChI is InChI=1S/C13H14N4O/c1-8(2)17-12-11(7-14-17)15-9-5-3-4-6-10(9)16-13(12)18/h3-8,15H,1-2H3,(H,16,18). The van der Waals surface area contributed by atoms with E-state index in [2.05, 4.69) is 15.7 Å². The van der Waals surface area contributed by atoms with E-state index in [1.54, 1.807) is 10.9 Å².